The Bertz CT molecular complexity index is 468. The van der Waals surface area contributed by atoms with Crippen LogP contribution in [0.3, 0.4) is 0 Å². The van der Waals surface area contributed by atoms with Crippen molar-refractivity contribution in [2.45, 2.75) is 38.8 Å². The molecule has 0 bridgehead atoms. The fourth-order valence-corrected chi connectivity index (χ4v) is 2.60. The molecule has 5 nitrogen and oxygen atoms in total. The molecule has 1 aromatic rings. The monoisotopic (exact) mass is 277 g/mol. The van der Waals surface area contributed by atoms with Crippen molar-refractivity contribution in [3.05, 3.63) is 23.4 Å². The van der Waals surface area contributed by atoms with E-state index in [-0.39, 0.29) is 18.1 Å². The molecule has 2 heterocycles. The van der Waals surface area contributed by atoms with Crippen LogP contribution in [0.1, 0.15) is 36.3 Å². The zero-order valence-corrected chi connectivity index (χ0v) is 12.6. The molecule has 0 aliphatic carbocycles. The number of aryl methyl sites for hydroxylation is 1. The second-order valence-corrected chi connectivity index (χ2v) is 5.18. The third-order valence-corrected chi connectivity index (χ3v) is 3.90. The van der Waals surface area contributed by atoms with Gasteiger partial charge in [-0.3, -0.25) is 4.79 Å². The van der Waals surface area contributed by atoms with Crippen LogP contribution in [0.25, 0.3) is 0 Å². The molecule has 1 aromatic heterocycles. The molecule has 110 valence electrons. The molecule has 0 radical (unpaired) electrons. The highest BCUT2D eigenvalue weighted by atomic mass is 16.5. The lowest BCUT2D eigenvalue weighted by Gasteiger charge is -2.27. The smallest absolute Gasteiger partial charge is 0.254 e. The van der Waals surface area contributed by atoms with E-state index in [1.54, 1.807) is 11.0 Å². The highest BCUT2D eigenvalue weighted by Crippen LogP contribution is 2.21. The van der Waals surface area contributed by atoms with Crippen LogP contribution in [0.15, 0.2) is 12.1 Å². The van der Waals surface area contributed by atoms with E-state index < -0.39 is 0 Å². The Morgan fingerprint density at radius 2 is 2.30 bits per heavy atom. The highest BCUT2D eigenvalue weighted by molar-refractivity contribution is 5.95. The molecule has 0 saturated carbocycles. The second kappa shape index (κ2) is 6.22. The van der Waals surface area contributed by atoms with Crippen molar-refractivity contribution in [3.63, 3.8) is 0 Å². The van der Waals surface area contributed by atoms with Gasteiger partial charge in [-0.05, 0) is 31.9 Å². The molecule has 0 aromatic carbocycles. The van der Waals surface area contributed by atoms with Crippen LogP contribution in [0.5, 0.6) is 0 Å². The van der Waals surface area contributed by atoms with Gasteiger partial charge in [0.05, 0.1) is 12.1 Å². The minimum absolute atomic E-state index is 0.0287. The Kier molecular flexibility index (Phi) is 4.60. The summed E-state index contributed by atoms with van der Waals surface area (Å²) in [5.41, 5.74) is 1.60. The lowest BCUT2D eigenvalue weighted by molar-refractivity contribution is 0.0574. The van der Waals surface area contributed by atoms with Crippen LogP contribution in [0.2, 0.25) is 0 Å². The van der Waals surface area contributed by atoms with Crippen molar-refractivity contribution >= 4 is 11.7 Å². The predicted octanol–water partition coefficient (Wildman–Crippen LogP) is 1.94. The minimum Gasteiger partial charge on any atom is -0.376 e. The van der Waals surface area contributed by atoms with Crippen molar-refractivity contribution < 1.29 is 9.53 Å². The standard InChI is InChI=1S/C15H23N3O2/c1-5-12-8-11(9-14(16-3)17-12)15(19)18(4)13-6-7-20-10(13)2/h8-10,13H,5-7H2,1-4H3,(H,16,17). The first-order valence-corrected chi connectivity index (χ1v) is 7.14. The van der Waals surface area contributed by atoms with Crippen molar-refractivity contribution in [2.75, 3.05) is 26.0 Å². The Morgan fingerprint density at radius 3 is 2.85 bits per heavy atom. The number of ether oxygens (including phenoxy) is 1. The van der Waals surface area contributed by atoms with Gasteiger partial charge in [-0.1, -0.05) is 6.92 Å². The van der Waals surface area contributed by atoms with Gasteiger partial charge in [-0.25, -0.2) is 4.98 Å². The lowest BCUT2D eigenvalue weighted by atomic mass is 10.1. The number of carbonyl (C=O) groups is 1. The van der Waals surface area contributed by atoms with Gasteiger partial charge in [0.2, 0.25) is 0 Å². The number of likely N-dealkylation sites (N-methyl/N-ethyl adjacent to an activating group) is 1. The first kappa shape index (κ1) is 14.8. The van der Waals surface area contributed by atoms with E-state index in [1.165, 1.54) is 0 Å². The Hall–Kier alpha value is -1.62. The minimum atomic E-state index is 0.0287. The molecule has 1 N–H and O–H groups in total. The maximum Gasteiger partial charge on any atom is 0.254 e. The van der Waals surface area contributed by atoms with Crippen LogP contribution in [-0.4, -0.2) is 48.6 Å². The third-order valence-electron chi connectivity index (χ3n) is 3.90. The average molecular weight is 277 g/mol. The van der Waals surface area contributed by atoms with Gasteiger partial charge in [0.25, 0.3) is 5.91 Å². The molecular weight excluding hydrogens is 254 g/mol. The van der Waals surface area contributed by atoms with E-state index in [9.17, 15) is 4.79 Å². The number of rotatable bonds is 4. The summed E-state index contributed by atoms with van der Waals surface area (Å²) < 4.78 is 5.54. The number of hydrogen-bond acceptors (Lipinski definition) is 4. The molecule has 2 rings (SSSR count). The normalized spacial score (nSPS) is 21.8. The number of hydrogen-bond donors (Lipinski definition) is 1. The summed E-state index contributed by atoms with van der Waals surface area (Å²) >= 11 is 0. The predicted molar refractivity (Wildman–Crippen MR) is 79.1 cm³/mol. The van der Waals surface area contributed by atoms with Gasteiger partial charge >= 0.3 is 0 Å². The second-order valence-electron chi connectivity index (χ2n) is 5.18. The van der Waals surface area contributed by atoms with E-state index in [0.29, 0.717) is 5.56 Å². The molecule has 1 saturated heterocycles. The maximum atomic E-state index is 12.6. The molecular formula is C15H23N3O2. The van der Waals surface area contributed by atoms with Crippen LogP contribution in [0, 0.1) is 0 Å². The van der Waals surface area contributed by atoms with Crippen molar-refractivity contribution in [2.24, 2.45) is 0 Å². The Morgan fingerprint density at radius 1 is 1.55 bits per heavy atom. The molecule has 2 atom stereocenters. The zero-order valence-electron chi connectivity index (χ0n) is 12.6. The molecule has 1 fully saturated rings. The van der Waals surface area contributed by atoms with Crippen molar-refractivity contribution in [1.82, 2.24) is 9.88 Å². The van der Waals surface area contributed by atoms with E-state index >= 15 is 0 Å². The van der Waals surface area contributed by atoms with Gasteiger partial charge in [0.1, 0.15) is 5.82 Å². The zero-order chi connectivity index (χ0) is 14.7. The number of nitrogens with zero attached hydrogens (tertiary/aromatic N) is 2. The Labute approximate surface area is 120 Å². The Balaban J connectivity index is 2.23. The van der Waals surface area contributed by atoms with Gasteiger partial charge in [-0.15, -0.1) is 0 Å². The number of aromatic nitrogens is 1. The van der Waals surface area contributed by atoms with E-state index in [0.717, 1.165) is 31.0 Å². The lowest BCUT2D eigenvalue weighted by Crippen LogP contribution is -2.41. The quantitative estimate of drug-likeness (QED) is 0.913. The van der Waals surface area contributed by atoms with Crippen molar-refractivity contribution in [1.29, 1.82) is 0 Å². The highest BCUT2D eigenvalue weighted by Gasteiger charge is 2.31. The summed E-state index contributed by atoms with van der Waals surface area (Å²) in [5, 5.41) is 3.01. The summed E-state index contributed by atoms with van der Waals surface area (Å²) in [4.78, 5) is 18.8. The van der Waals surface area contributed by atoms with Crippen LogP contribution >= 0.6 is 0 Å². The summed E-state index contributed by atoms with van der Waals surface area (Å²) in [6, 6.07) is 3.83. The van der Waals surface area contributed by atoms with Gasteiger partial charge in [0, 0.05) is 32.0 Å². The summed E-state index contributed by atoms with van der Waals surface area (Å²) in [6.07, 6.45) is 1.80. The van der Waals surface area contributed by atoms with Crippen LogP contribution in [-0.2, 0) is 11.2 Å². The molecule has 1 aliphatic heterocycles. The topological polar surface area (TPSA) is 54.5 Å². The number of nitrogens with one attached hydrogen (secondary N) is 1. The fourth-order valence-electron chi connectivity index (χ4n) is 2.60. The third kappa shape index (κ3) is 2.93. The summed E-state index contributed by atoms with van der Waals surface area (Å²) in [5.74, 6) is 0.762. The summed E-state index contributed by atoms with van der Waals surface area (Å²) in [7, 11) is 3.66. The SMILES string of the molecule is CCc1cc(C(=O)N(C)C2CCOC2C)cc(NC)n1. The number of amides is 1. The molecule has 20 heavy (non-hydrogen) atoms. The number of carbonyl (C=O) groups excluding carboxylic acids is 1. The number of anilines is 1. The van der Waals surface area contributed by atoms with Crippen molar-refractivity contribution in [3.8, 4) is 0 Å². The largest absolute Gasteiger partial charge is 0.376 e. The maximum absolute atomic E-state index is 12.6. The first-order valence-electron chi connectivity index (χ1n) is 7.14. The van der Waals surface area contributed by atoms with Gasteiger partial charge < -0.3 is 15.0 Å². The van der Waals surface area contributed by atoms with Crippen LogP contribution in [0.4, 0.5) is 5.82 Å². The molecule has 5 heteroatoms. The van der Waals surface area contributed by atoms with E-state index in [4.69, 9.17) is 4.74 Å². The van der Waals surface area contributed by atoms with Crippen LogP contribution < -0.4 is 5.32 Å². The molecule has 1 aliphatic rings. The van der Waals surface area contributed by atoms with E-state index in [1.807, 2.05) is 34.0 Å². The van der Waals surface area contributed by atoms with Gasteiger partial charge in [0.15, 0.2) is 0 Å². The molecule has 2 unspecified atom stereocenters. The van der Waals surface area contributed by atoms with E-state index in [2.05, 4.69) is 10.3 Å². The number of pyridine rings is 1. The summed E-state index contributed by atoms with van der Waals surface area (Å²) in [6.45, 7) is 4.78. The fraction of sp³-hybridized carbons (Fsp3) is 0.600. The first-order chi connectivity index (χ1) is 9.56. The van der Waals surface area contributed by atoms with Gasteiger partial charge in [-0.2, -0.15) is 0 Å². The average Bonchev–Trinajstić information content (AvgIpc) is 2.91. The molecule has 1 amide bonds. The molecule has 0 spiro atoms.